The van der Waals surface area contributed by atoms with Crippen LogP contribution in [0.4, 0.5) is 0 Å². The van der Waals surface area contributed by atoms with Crippen molar-refractivity contribution in [1.82, 2.24) is 0 Å². The molecule has 0 bridgehead atoms. The lowest BCUT2D eigenvalue weighted by molar-refractivity contribution is -0.367. The number of carbonyl (C=O) groups is 1. The van der Waals surface area contributed by atoms with Gasteiger partial charge in [-0.25, -0.2) is 4.79 Å². The fourth-order valence-corrected chi connectivity index (χ4v) is 13.4. The minimum atomic E-state index is -1.91. The van der Waals surface area contributed by atoms with Crippen LogP contribution in [-0.2, 0) is 23.7 Å². The molecule has 6 fully saturated rings. The van der Waals surface area contributed by atoms with Crippen molar-refractivity contribution >= 4 is 5.97 Å². The van der Waals surface area contributed by atoms with Crippen LogP contribution in [-0.4, -0.2) is 128 Å². The molecular weight excluding hydrogens is 700 g/mol. The van der Waals surface area contributed by atoms with Gasteiger partial charge in [0.1, 0.15) is 36.6 Å². The normalized spacial score (nSPS) is 55.7. The van der Waals surface area contributed by atoms with E-state index >= 15 is 0 Å². The van der Waals surface area contributed by atoms with Crippen molar-refractivity contribution < 1.29 is 64.6 Å². The number of aliphatic hydroxyl groups excluding tert-OH is 7. The molecule has 0 amide bonds. The van der Waals surface area contributed by atoms with E-state index < -0.39 is 72.8 Å². The second-order valence-corrected chi connectivity index (χ2v) is 20.4. The van der Waals surface area contributed by atoms with Crippen molar-refractivity contribution in [2.45, 2.75) is 174 Å². The Bertz CT molecular complexity index is 1470. The molecule has 7 aliphatic rings. The van der Waals surface area contributed by atoms with Crippen LogP contribution in [0.1, 0.15) is 106 Å². The summed E-state index contributed by atoms with van der Waals surface area (Å²) in [6, 6.07) is 0. The number of carboxylic acid groups (broad SMARTS) is 1. The zero-order valence-corrected chi connectivity index (χ0v) is 33.1. The number of ether oxygens (including phenoxy) is 4. The van der Waals surface area contributed by atoms with E-state index in [1.807, 2.05) is 6.92 Å². The molecule has 8 N–H and O–H groups in total. The fraction of sp³-hybridized carbons (Fsp3) is 0.927. The summed E-state index contributed by atoms with van der Waals surface area (Å²) in [5.41, 5.74) is 0.419. The third kappa shape index (κ3) is 5.92. The Hall–Kier alpha value is -1.23. The first kappa shape index (κ1) is 40.9. The highest BCUT2D eigenvalue weighted by atomic mass is 16.8. The van der Waals surface area contributed by atoms with Crippen LogP contribution >= 0.6 is 0 Å². The average molecular weight is 767 g/mol. The topological polar surface area (TPSA) is 216 Å². The van der Waals surface area contributed by atoms with Crippen molar-refractivity contribution in [3.63, 3.8) is 0 Å². The van der Waals surface area contributed by atoms with Crippen molar-refractivity contribution in [3.8, 4) is 0 Å². The highest BCUT2D eigenvalue weighted by Crippen LogP contribution is 2.76. The predicted octanol–water partition coefficient (Wildman–Crippen LogP) is 2.49. The van der Waals surface area contributed by atoms with Crippen LogP contribution in [0, 0.1) is 50.2 Å². The highest BCUT2D eigenvalue weighted by Gasteiger charge is 2.69. The van der Waals surface area contributed by atoms with Gasteiger partial charge in [-0.2, -0.15) is 0 Å². The van der Waals surface area contributed by atoms with Gasteiger partial charge < -0.3 is 59.8 Å². The molecule has 2 heterocycles. The van der Waals surface area contributed by atoms with Crippen LogP contribution in [0.15, 0.2) is 11.6 Å². The second kappa shape index (κ2) is 13.7. The third-order valence-corrected chi connectivity index (χ3v) is 17.0. The molecular formula is C41H66O13. The fourth-order valence-electron chi connectivity index (χ4n) is 13.4. The number of hydrogen-bond acceptors (Lipinski definition) is 12. The molecule has 0 aromatic rings. The summed E-state index contributed by atoms with van der Waals surface area (Å²) >= 11 is 0. The van der Waals surface area contributed by atoms with Gasteiger partial charge in [-0.3, -0.25) is 0 Å². The quantitative estimate of drug-likeness (QED) is 0.144. The molecule has 19 atom stereocenters. The summed E-state index contributed by atoms with van der Waals surface area (Å²) in [6.07, 6.45) is -5.53. The van der Waals surface area contributed by atoms with Crippen molar-refractivity contribution in [3.05, 3.63) is 11.6 Å². The molecule has 13 heteroatoms. The van der Waals surface area contributed by atoms with Gasteiger partial charge in [0.05, 0.1) is 25.4 Å². The van der Waals surface area contributed by atoms with Gasteiger partial charge in [-0.1, -0.05) is 60.1 Å². The second-order valence-electron chi connectivity index (χ2n) is 20.4. The molecule has 2 aliphatic heterocycles. The number of allylic oxidation sites excluding steroid dienone is 2. The maximum atomic E-state index is 12.1. The highest BCUT2D eigenvalue weighted by molar-refractivity contribution is 5.73. The molecule has 0 aromatic carbocycles. The molecule has 19 unspecified atom stereocenters. The van der Waals surface area contributed by atoms with Crippen LogP contribution in [0.5, 0.6) is 0 Å². The van der Waals surface area contributed by atoms with E-state index in [9.17, 15) is 45.6 Å². The first-order valence-corrected chi connectivity index (χ1v) is 20.3. The molecule has 0 spiro atoms. The van der Waals surface area contributed by atoms with E-state index in [1.54, 1.807) is 0 Å². The minimum absolute atomic E-state index is 0.0143. The summed E-state index contributed by atoms with van der Waals surface area (Å²) in [7, 11) is 0. The Labute approximate surface area is 319 Å². The van der Waals surface area contributed by atoms with Crippen LogP contribution in [0.2, 0.25) is 0 Å². The molecule has 4 saturated carbocycles. The number of rotatable bonds is 6. The van der Waals surface area contributed by atoms with Gasteiger partial charge in [0.25, 0.3) is 0 Å². The average Bonchev–Trinajstić information content (AvgIpc) is 3.10. The lowest BCUT2D eigenvalue weighted by atomic mass is 9.33. The number of hydrogen-bond donors (Lipinski definition) is 8. The first-order valence-electron chi connectivity index (χ1n) is 20.3. The van der Waals surface area contributed by atoms with Crippen molar-refractivity contribution in [1.29, 1.82) is 0 Å². The van der Waals surface area contributed by atoms with Gasteiger partial charge >= 0.3 is 5.97 Å². The molecule has 0 radical (unpaired) electrons. The van der Waals surface area contributed by atoms with Gasteiger partial charge in [-0.15, -0.1) is 0 Å². The summed E-state index contributed by atoms with van der Waals surface area (Å²) in [6.45, 7) is 15.7. The van der Waals surface area contributed by atoms with E-state index in [4.69, 9.17) is 18.9 Å². The Morgan fingerprint density at radius 1 is 0.796 bits per heavy atom. The molecule has 13 nitrogen and oxygen atoms in total. The number of aliphatic carboxylic acids is 1. The lowest BCUT2D eigenvalue weighted by Gasteiger charge is -2.72. The standard InChI is InChI=1S/C41H66O13/c1-36(2)16-21-20-8-9-24-38(4)12-11-26(39(5,19-42)23(38)10-13-41(24,7)40(20,6)15-14-37(21,3)25(44)17-36)52-35-32(29(47)28(46)31(53-35)33(49)50)54-34-30(48)27(45)22(43)18-51-34/h8,21-32,34-35,42-48H,9-19H2,1-7H3,(H,49,50). The molecule has 54 heavy (non-hydrogen) atoms. The summed E-state index contributed by atoms with van der Waals surface area (Å²) in [4.78, 5) is 12.1. The van der Waals surface area contributed by atoms with Crippen molar-refractivity contribution in [2.75, 3.05) is 13.2 Å². The maximum Gasteiger partial charge on any atom is 0.335 e. The smallest absolute Gasteiger partial charge is 0.335 e. The van der Waals surface area contributed by atoms with Crippen LogP contribution in [0.3, 0.4) is 0 Å². The van der Waals surface area contributed by atoms with Gasteiger partial charge in [0.15, 0.2) is 18.7 Å². The first-order chi connectivity index (χ1) is 25.1. The van der Waals surface area contributed by atoms with E-state index in [2.05, 4.69) is 47.6 Å². The minimum Gasteiger partial charge on any atom is -0.479 e. The number of fused-ring (bicyclic) bond motifs is 7. The number of aliphatic hydroxyl groups is 7. The molecule has 5 aliphatic carbocycles. The Morgan fingerprint density at radius 3 is 2.17 bits per heavy atom. The van der Waals surface area contributed by atoms with E-state index in [-0.39, 0.29) is 52.3 Å². The SMILES string of the molecule is CC1(C)CC(O)C2(C)CCC3(C)C(=CCC4C5(C)CCC(OC6OC(C(=O)O)C(O)C(O)C6OC6OCC(O)C(O)C6O)C(C)(CO)C5CCC43C)C2C1. The van der Waals surface area contributed by atoms with E-state index in [1.165, 1.54) is 5.57 Å². The van der Waals surface area contributed by atoms with Crippen molar-refractivity contribution in [2.24, 2.45) is 50.2 Å². The van der Waals surface area contributed by atoms with Gasteiger partial charge in [0, 0.05) is 10.8 Å². The van der Waals surface area contributed by atoms with E-state index in [0.717, 1.165) is 51.4 Å². The predicted molar refractivity (Wildman–Crippen MR) is 193 cm³/mol. The summed E-state index contributed by atoms with van der Waals surface area (Å²) < 4.78 is 23.7. The molecule has 308 valence electrons. The lowest BCUT2D eigenvalue weighted by Crippen LogP contribution is -2.67. The van der Waals surface area contributed by atoms with E-state index in [0.29, 0.717) is 18.3 Å². The monoisotopic (exact) mass is 766 g/mol. The zero-order chi connectivity index (χ0) is 39.6. The van der Waals surface area contributed by atoms with Gasteiger partial charge in [0.2, 0.25) is 0 Å². The maximum absolute atomic E-state index is 12.1. The van der Waals surface area contributed by atoms with Crippen LogP contribution in [0.25, 0.3) is 0 Å². The molecule has 2 saturated heterocycles. The molecule has 7 rings (SSSR count). The Kier molecular flexibility index (Phi) is 10.4. The van der Waals surface area contributed by atoms with Gasteiger partial charge in [-0.05, 0) is 97.2 Å². The Morgan fingerprint density at radius 2 is 1.50 bits per heavy atom. The largest absolute Gasteiger partial charge is 0.479 e. The summed E-state index contributed by atoms with van der Waals surface area (Å²) in [5, 5.41) is 85.5. The number of carboxylic acids is 1. The Balaban J connectivity index is 1.17. The van der Waals surface area contributed by atoms with Crippen LogP contribution < -0.4 is 0 Å². The summed E-state index contributed by atoms with van der Waals surface area (Å²) in [5.74, 6) is -0.852. The third-order valence-electron chi connectivity index (χ3n) is 17.0. The molecule has 0 aromatic heterocycles. The zero-order valence-electron chi connectivity index (χ0n) is 33.1.